The Bertz CT molecular complexity index is 1080. The van der Waals surface area contributed by atoms with Crippen molar-refractivity contribution in [2.45, 2.75) is 50.7 Å². The second-order valence-corrected chi connectivity index (χ2v) is 7.77. The number of hydrogen-bond acceptors (Lipinski definition) is 9. The quantitative estimate of drug-likeness (QED) is 0.371. The third kappa shape index (κ3) is 4.36. The maximum Gasteiger partial charge on any atom is 0.220 e. The van der Waals surface area contributed by atoms with E-state index in [0.717, 1.165) is 11.3 Å². The number of aliphatic hydroxyl groups is 2. The largest absolute Gasteiger partial charge is 0.388 e. The van der Waals surface area contributed by atoms with Crippen LogP contribution in [0.3, 0.4) is 0 Å². The molecule has 0 saturated carbocycles. The van der Waals surface area contributed by atoms with Gasteiger partial charge in [0.25, 0.3) is 0 Å². The molecule has 1 aliphatic heterocycles. The van der Waals surface area contributed by atoms with Gasteiger partial charge in [-0.05, 0) is 18.9 Å². The Balaban J connectivity index is 1.34. The van der Waals surface area contributed by atoms with Crippen LogP contribution in [0.4, 0.5) is 5.82 Å². The molecule has 4 atom stereocenters. The van der Waals surface area contributed by atoms with Crippen LogP contribution in [0.5, 0.6) is 0 Å². The highest BCUT2D eigenvalue weighted by atomic mass is 16.5. The molecule has 3 aromatic rings. The summed E-state index contributed by atoms with van der Waals surface area (Å²) in [6, 6.07) is -0.707. The van der Waals surface area contributed by atoms with Gasteiger partial charge in [-0.2, -0.15) is 5.10 Å². The molecule has 4 heterocycles. The van der Waals surface area contributed by atoms with E-state index < -0.39 is 24.4 Å². The molecule has 0 radical (unpaired) electrons. The van der Waals surface area contributed by atoms with Gasteiger partial charge in [-0.3, -0.25) is 9.48 Å². The van der Waals surface area contributed by atoms with E-state index in [4.69, 9.17) is 10.5 Å². The van der Waals surface area contributed by atoms with E-state index in [1.807, 2.05) is 20.2 Å². The lowest BCUT2D eigenvalue weighted by Crippen LogP contribution is -2.59. The van der Waals surface area contributed by atoms with Gasteiger partial charge in [0.1, 0.15) is 30.2 Å². The summed E-state index contributed by atoms with van der Waals surface area (Å²) in [7, 11) is 1.83. The van der Waals surface area contributed by atoms with Crippen molar-refractivity contribution in [3.63, 3.8) is 0 Å². The summed E-state index contributed by atoms with van der Waals surface area (Å²) in [5.74, 6) is 0.0365. The predicted molar refractivity (Wildman–Crippen MR) is 110 cm³/mol. The summed E-state index contributed by atoms with van der Waals surface area (Å²) in [5, 5.41) is 28.1. The summed E-state index contributed by atoms with van der Waals surface area (Å²) in [5.41, 5.74) is 8.76. The number of carbonyl (C=O) groups is 1. The van der Waals surface area contributed by atoms with Crippen molar-refractivity contribution in [3.05, 3.63) is 30.1 Å². The summed E-state index contributed by atoms with van der Waals surface area (Å²) >= 11 is 0. The number of carbonyl (C=O) groups excluding carboxylic acids is 1. The summed E-state index contributed by atoms with van der Waals surface area (Å²) in [4.78, 5) is 24.5. The zero-order valence-corrected chi connectivity index (χ0v) is 17.3. The van der Waals surface area contributed by atoms with E-state index in [1.165, 1.54) is 12.7 Å². The molecule has 31 heavy (non-hydrogen) atoms. The number of fused-ring (bicyclic) bond motifs is 1. The van der Waals surface area contributed by atoms with Crippen molar-refractivity contribution in [1.29, 1.82) is 0 Å². The highest BCUT2D eigenvalue weighted by Gasteiger charge is 2.39. The maximum absolute atomic E-state index is 12.3. The van der Waals surface area contributed by atoms with Crippen molar-refractivity contribution < 1.29 is 19.7 Å². The van der Waals surface area contributed by atoms with E-state index in [-0.39, 0.29) is 31.3 Å². The number of amides is 1. The van der Waals surface area contributed by atoms with Crippen LogP contribution < -0.4 is 11.1 Å². The number of nitrogens with one attached hydrogen (secondary N) is 1. The van der Waals surface area contributed by atoms with Gasteiger partial charge in [-0.25, -0.2) is 15.0 Å². The molecule has 1 saturated heterocycles. The lowest BCUT2D eigenvalue weighted by molar-refractivity contribution is -0.158. The first-order chi connectivity index (χ1) is 14.8. The Kier molecular flexibility index (Phi) is 5.85. The maximum atomic E-state index is 12.3. The van der Waals surface area contributed by atoms with Gasteiger partial charge >= 0.3 is 0 Å². The number of anilines is 1. The number of aliphatic hydroxyl groups excluding tert-OH is 2. The van der Waals surface area contributed by atoms with Crippen molar-refractivity contribution in [2.75, 3.05) is 12.3 Å². The number of ether oxygens (including phenoxy) is 1. The van der Waals surface area contributed by atoms with Crippen LogP contribution in [-0.2, 0) is 29.5 Å². The number of nitrogens with two attached hydrogens (primary N) is 1. The fourth-order valence-electron chi connectivity index (χ4n) is 3.86. The van der Waals surface area contributed by atoms with E-state index in [2.05, 4.69) is 25.4 Å². The predicted octanol–water partition coefficient (Wildman–Crippen LogP) is -1.31. The molecule has 1 aliphatic rings. The molecule has 5 N–H and O–H groups in total. The van der Waals surface area contributed by atoms with Gasteiger partial charge in [-0.15, -0.1) is 0 Å². The van der Waals surface area contributed by atoms with E-state index in [1.54, 1.807) is 9.25 Å². The first-order valence-electron chi connectivity index (χ1n) is 10.0. The summed E-state index contributed by atoms with van der Waals surface area (Å²) in [6.07, 6.45) is 2.44. The van der Waals surface area contributed by atoms with Gasteiger partial charge in [0.2, 0.25) is 5.91 Å². The van der Waals surface area contributed by atoms with Crippen LogP contribution in [0.25, 0.3) is 11.2 Å². The number of aryl methyl sites for hydroxylation is 3. The zero-order valence-electron chi connectivity index (χ0n) is 17.3. The monoisotopic (exact) mass is 430 g/mol. The number of nitrogen functional groups attached to an aromatic ring is 1. The second-order valence-electron chi connectivity index (χ2n) is 7.77. The van der Waals surface area contributed by atoms with Crippen LogP contribution in [0, 0.1) is 6.92 Å². The molecular formula is C19H26N8O4. The topological polar surface area (TPSA) is 166 Å². The van der Waals surface area contributed by atoms with Crippen molar-refractivity contribution >= 4 is 22.9 Å². The molecule has 166 valence electrons. The third-order valence-electron chi connectivity index (χ3n) is 5.53. The smallest absolute Gasteiger partial charge is 0.220 e. The fraction of sp³-hybridized carbons (Fsp3) is 0.526. The normalized spacial score (nSPS) is 23.9. The van der Waals surface area contributed by atoms with Crippen LogP contribution in [-0.4, -0.2) is 76.4 Å². The Hall–Kier alpha value is -3.09. The molecule has 0 bridgehead atoms. The van der Waals surface area contributed by atoms with Crippen LogP contribution in [0.15, 0.2) is 18.9 Å². The SMILES string of the molecule is Cc1nn(C)cc1CCC(=O)N[C@@H]1CO[C@H](Cn2cnc3ncnc(N)c32)[C@@H](O)[C@H]1O. The lowest BCUT2D eigenvalue weighted by atomic mass is 9.97. The Morgan fingerprint density at radius 1 is 1.32 bits per heavy atom. The number of nitrogens with zero attached hydrogens (tertiary/aromatic N) is 6. The zero-order chi connectivity index (χ0) is 22.1. The number of rotatable bonds is 6. The average molecular weight is 430 g/mol. The second kappa shape index (κ2) is 8.57. The van der Waals surface area contributed by atoms with E-state index in [9.17, 15) is 15.0 Å². The van der Waals surface area contributed by atoms with Crippen molar-refractivity contribution in [3.8, 4) is 0 Å². The van der Waals surface area contributed by atoms with E-state index >= 15 is 0 Å². The number of aromatic nitrogens is 6. The Morgan fingerprint density at radius 3 is 2.87 bits per heavy atom. The standard InChI is InChI=1S/C19H26N8O4/c1-10-11(5-26(2)25-10)3-4-14(28)24-12-7-31-13(17(30)16(12)29)6-27-9-23-19-15(27)18(20)21-8-22-19/h5,8-9,12-13,16-17,29-30H,3-4,6-7H2,1-2H3,(H,24,28)(H2,20,21,22)/t12-,13-,16+,17-/m1/s1. The molecule has 12 nitrogen and oxygen atoms in total. The summed E-state index contributed by atoms with van der Waals surface area (Å²) < 4.78 is 9.14. The molecule has 0 spiro atoms. The Labute approximate surface area is 178 Å². The van der Waals surface area contributed by atoms with Crippen LogP contribution in [0.2, 0.25) is 0 Å². The Morgan fingerprint density at radius 2 is 2.13 bits per heavy atom. The lowest BCUT2D eigenvalue weighted by Gasteiger charge is -2.38. The molecule has 0 aromatic carbocycles. The van der Waals surface area contributed by atoms with E-state index in [0.29, 0.717) is 17.6 Å². The number of imidazole rings is 1. The highest BCUT2D eigenvalue weighted by molar-refractivity contribution is 5.81. The minimum atomic E-state index is -1.21. The minimum absolute atomic E-state index is 0.0686. The molecule has 1 fully saturated rings. The van der Waals surface area contributed by atoms with Gasteiger partial charge in [0, 0.05) is 19.7 Å². The van der Waals surface area contributed by atoms with Crippen LogP contribution >= 0.6 is 0 Å². The first-order valence-corrected chi connectivity index (χ1v) is 10.0. The molecule has 3 aromatic heterocycles. The molecule has 0 unspecified atom stereocenters. The molecule has 12 heteroatoms. The molecular weight excluding hydrogens is 404 g/mol. The van der Waals surface area contributed by atoms with Gasteiger partial charge in [0.05, 0.1) is 31.2 Å². The van der Waals surface area contributed by atoms with Crippen LogP contribution in [0.1, 0.15) is 17.7 Å². The van der Waals surface area contributed by atoms with Gasteiger partial charge < -0.3 is 30.6 Å². The molecule has 1 amide bonds. The first kappa shape index (κ1) is 21.2. The fourth-order valence-corrected chi connectivity index (χ4v) is 3.86. The third-order valence-corrected chi connectivity index (χ3v) is 5.53. The highest BCUT2D eigenvalue weighted by Crippen LogP contribution is 2.21. The summed E-state index contributed by atoms with van der Waals surface area (Å²) in [6.45, 7) is 2.16. The van der Waals surface area contributed by atoms with Crippen molar-refractivity contribution in [2.24, 2.45) is 7.05 Å². The van der Waals surface area contributed by atoms with Crippen molar-refractivity contribution in [1.82, 2.24) is 34.6 Å². The van der Waals surface area contributed by atoms with Gasteiger partial charge in [-0.1, -0.05) is 0 Å². The molecule has 4 rings (SSSR count). The minimum Gasteiger partial charge on any atom is -0.388 e. The molecule has 0 aliphatic carbocycles. The number of hydrogen-bond donors (Lipinski definition) is 4. The average Bonchev–Trinajstić information content (AvgIpc) is 3.29. The van der Waals surface area contributed by atoms with Gasteiger partial charge in [0.15, 0.2) is 11.5 Å².